The molecular weight excluding hydrogens is 204 g/mol. The smallest absolute Gasteiger partial charge is 0.00932 e. The minimum Gasteiger partial charge on any atom is -0.0835 e. The lowest BCUT2D eigenvalue weighted by atomic mass is 9.67. The summed E-state index contributed by atoms with van der Waals surface area (Å²) >= 11 is 0. The van der Waals surface area contributed by atoms with Crippen molar-refractivity contribution in [3.63, 3.8) is 0 Å². The third-order valence-corrected chi connectivity index (χ3v) is 5.96. The van der Waals surface area contributed by atoms with E-state index >= 15 is 0 Å². The van der Waals surface area contributed by atoms with Gasteiger partial charge in [-0.3, -0.25) is 0 Å². The molecule has 1 fully saturated rings. The first kappa shape index (κ1) is 11.3. The third kappa shape index (κ3) is 1.10. The lowest BCUT2D eigenvalue weighted by molar-refractivity contribution is 0.232. The first-order valence-corrected chi connectivity index (χ1v) is 6.88. The molecule has 0 heteroatoms. The highest BCUT2D eigenvalue weighted by atomic mass is 14.6. The predicted octanol–water partition coefficient (Wildman–Crippen LogP) is 4.89. The molecule has 0 N–H and O–H groups in total. The summed E-state index contributed by atoms with van der Waals surface area (Å²) in [7, 11) is 0. The minimum absolute atomic E-state index is 0.319. The summed E-state index contributed by atoms with van der Waals surface area (Å²) in [5, 5.41) is 0. The van der Waals surface area contributed by atoms with Crippen molar-refractivity contribution in [3.8, 4) is 0 Å². The zero-order chi connectivity index (χ0) is 12.6. The molecule has 3 aliphatic carbocycles. The molecule has 0 unspecified atom stereocenters. The van der Waals surface area contributed by atoms with Gasteiger partial charge in [0.25, 0.3) is 0 Å². The lowest BCUT2D eigenvalue weighted by Crippen LogP contribution is -2.28. The Labute approximate surface area is 105 Å². The zero-order valence-corrected chi connectivity index (χ0v) is 12.0. The number of hydrogen-bond donors (Lipinski definition) is 0. The van der Waals surface area contributed by atoms with Crippen molar-refractivity contribution in [1.29, 1.82) is 0 Å². The van der Waals surface area contributed by atoms with E-state index < -0.39 is 0 Å². The fraction of sp³-hybridized carbons (Fsp3) is 0.647. The topological polar surface area (TPSA) is 0 Å². The molecule has 0 bridgehead atoms. The Bertz CT molecular complexity index is 476. The van der Waals surface area contributed by atoms with Gasteiger partial charge in [-0.1, -0.05) is 56.6 Å². The molecule has 1 saturated carbocycles. The fourth-order valence-electron chi connectivity index (χ4n) is 4.24. The Morgan fingerprint density at radius 3 is 2.24 bits per heavy atom. The van der Waals surface area contributed by atoms with Crippen molar-refractivity contribution < 1.29 is 0 Å². The van der Waals surface area contributed by atoms with Crippen LogP contribution in [0.2, 0.25) is 0 Å². The van der Waals surface area contributed by atoms with Crippen LogP contribution >= 0.6 is 0 Å². The Hall–Kier alpha value is -0.780. The second kappa shape index (κ2) is 2.96. The van der Waals surface area contributed by atoms with Crippen LogP contribution in [0.3, 0.4) is 0 Å². The van der Waals surface area contributed by atoms with Crippen LogP contribution in [0.25, 0.3) is 0 Å². The second-order valence-corrected chi connectivity index (χ2v) is 7.28. The molecule has 0 radical (unpaired) electrons. The molecule has 0 aromatic heterocycles. The quantitative estimate of drug-likeness (QED) is 0.518. The van der Waals surface area contributed by atoms with E-state index in [-0.39, 0.29) is 0 Å². The lowest BCUT2D eigenvalue weighted by Gasteiger charge is -2.36. The Morgan fingerprint density at radius 2 is 1.65 bits per heavy atom. The Balaban J connectivity index is 2.23. The maximum atomic E-state index is 2.54. The molecular formula is C17H24. The number of hydrogen-bond acceptors (Lipinski definition) is 0. The summed E-state index contributed by atoms with van der Waals surface area (Å²) in [4.78, 5) is 0. The molecule has 0 nitrogen and oxygen atoms in total. The van der Waals surface area contributed by atoms with Gasteiger partial charge in [-0.25, -0.2) is 0 Å². The van der Waals surface area contributed by atoms with E-state index in [1.807, 2.05) is 0 Å². The molecule has 0 aromatic rings. The van der Waals surface area contributed by atoms with Crippen LogP contribution in [0.4, 0.5) is 0 Å². The normalized spacial score (nSPS) is 35.8. The van der Waals surface area contributed by atoms with Gasteiger partial charge in [-0.15, -0.1) is 0 Å². The minimum atomic E-state index is 0.319. The molecule has 0 heterocycles. The fourth-order valence-corrected chi connectivity index (χ4v) is 4.24. The van der Waals surface area contributed by atoms with Gasteiger partial charge in [-0.2, -0.15) is 0 Å². The van der Waals surface area contributed by atoms with Crippen molar-refractivity contribution in [3.05, 3.63) is 34.4 Å². The molecule has 2 atom stereocenters. The van der Waals surface area contributed by atoms with Crippen molar-refractivity contribution >= 4 is 0 Å². The van der Waals surface area contributed by atoms with Gasteiger partial charge < -0.3 is 0 Å². The summed E-state index contributed by atoms with van der Waals surface area (Å²) < 4.78 is 0. The van der Waals surface area contributed by atoms with E-state index in [4.69, 9.17) is 0 Å². The van der Waals surface area contributed by atoms with E-state index in [0.29, 0.717) is 10.8 Å². The third-order valence-electron chi connectivity index (χ3n) is 5.96. The van der Waals surface area contributed by atoms with Crippen LogP contribution in [-0.2, 0) is 0 Å². The highest BCUT2D eigenvalue weighted by Crippen LogP contribution is 2.69. The van der Waals surface area contributed by atoms with E-state index in [1.54, 1.807) is 16.7 Å². The number of rotatable bonds is 0. The van der Waals surface area contributed by atoms with Crippen molar-refractivity contribution in [1.82, 2.24) is 0 Å². The molecule has 0 amide bonds. The van der Waals surface area contributed by atoms with Crippen LogP contribution in [-0.4, -0.2) is 0 Å². The molecule has 3 rings (SSSR count). The summed E-state index contributed by atoms with van der Waals surface area (Å²) in [6.07, 6.45) is 6.34. The largest absolute Gasteiger partial charge is 0.0835 e. The zero-order valence-electron chi connectivity index (χ0n) is 12.0. The average Bonchev–Trinajstić information content (AvgIpc) is 2.76. The monoisotopic (exact) mass is 228 g/mol. The van der Waals surface area contributed by atoms with Gasteiger partial charge in [0, 0.05) is 5.92 Å². The van der Waals surface area contributed by atoms with Crippen LogP contribution in [0.1, 0.15) is 48.0 Å². The van der Waals surface area contributed by atoms with Crippen molar-refractivity contribution in [2.24, 2.45) is 22.7 Å². The molecule has 0 saturated heterocycles. The first-order valence-electron chi connectivity index (χ1n) is 6.88. The van der Waals surface area contributed by atoms with Crippen molar-refractivity contribution in [2.75, 3.05) is 0 Å². The van der Waals surface area contributed by atoms with Gasteiger partial charge >= 0.3 is 0 Å². The summed E-state index contributed by atoms with van der Waals surface area (Å²) in [5.74, 6) is 1.51. The summed E-state index contributed by atoms with van der Waals surface area (Å²) in [6, 6.07) is 0. The van der Waals surface area contributed by atoms with Crippen LogP contribution < -0.4 is 0 Å². The Morgan fingerprint density at radius 1 is 1.06 bits per heavy atom. The van der Waals surface area contributed by atoms with Crippen molar-refractivity contribution in [2.45, 2.75) is 48.0 Å². The van der Waals surface area contributed by atoms with Crippen LogP contribution in [0.5, 0.6) is 0 Å². The van der Waals surface area contributed by atoms with Gasteiger partial charge in [-0.05, 0) is 42.6 Å². The van der Waals surface area contributed by atoms with E-state index in [1.165, 1.54) is 12.0 Å². The SMILES string of the molecule is CC(C)=C1C=C2[C@H]3C(=CC[C@@H]13)C(C)(C)C2(C)C. The van der Waals surface area contributed by atoms with Gasteiger partial charge in [0.15, 0.2) is 0 Å². The molecule has 0 spiro atoms. The van der Waals surface area contributed by atoms with Crippen LogP contribution in [0, 0.1) is 22.7 Å². The molecule has 0 aliphatic heterocycles. The van der Waals surface area contributed by atoms with Crippen LogP contribution in [0.15, 0.2) is 34.4 Å². The second-order valence-electron chi connectivity index (χ2n) is 7.28. The van der Waals surface area contributed by atoms with Gasteiger partial charge in [0.2, 0.25) is 0 Å². The summed E-state index contributed by atoms with van der Waals surface area (Å²) in [5.41, 5.74) is 7.22. The maximum Gasteiger partial charge on any atom is 0.00932 e. The molecule has 3 aliphatic rings. The molecule has 0 aromatic carbocycles. The van der Waals surface area contributed by atoms with Gasteiger partial charge in [0.1, 0.15) is 0 Å². The average molecular weight is 228 g/mol. The first-order chi connectivity index (χ1) is 7.78. The maximum absolute atomic E-state index is 2.54. The number of allylic oxidation sites excluding steroid dienone is 6. The highest BCUT2D eigenvalue weighted by molar-refractivity contribution is 5.55. The van der Waals surface area contributed by atoms with Gasteiger partial charge in [0.05, 0.1) is 0 Å². The highest BCUT2D eigenvalue weighted by Gasteiger charge is 2.59. The van der Waals surface area contributed by atoms with E-state index in [9.17, 15) is 0 Å². The molecule has 92 valence electrons. The van der Waals surface area contributed by atoms with E-state index in [0.717, 1.165) is 11.8 Å². The predicted molar refractivity (Wildman–Crippen MR) is 73.7 cm³/mol. The molecule has 17 heavy (non-hydrogen) atoms. The Kier molecular flexibility index (Phi) is 1.97. The summed E-state index contributed by atoms with van der Waals surface area (Å²) in [6.45, 7) is 14.3. The van der Waals surface area contributed by atoms with E-state index in [2.05, 4.69) is 53.7 Å². The standard InChI is InChI=1S/C17H24/c1-10(2)12-9-14-15-11(12)7-8-13(15)16(3,4)17(14,5)6/h8-9,11,15H,7H2,1-6H3/t11-,15+/m0/s1.